The smallest absolute Gasteiger partial charge is 0.342 e. The van der Waals surface area contributed by atoms with Crippen LogP contribution in [0.3, 0.4) is 0 Å². The van der Waals surface area contributed by atoms with Crippen molar-refractivity contribution in [3.8, 4) is 12.3 Å². The summed E-state index contributed by atoms with van der Waals surface area (Å²) in [5.41, 5.74) is -0.503. The second kappa shape index (κ2) is 7.30. The first-order valence-electron chi connectivity index (χ1n) is 7.69. The molecule has 8 heteroatoms. The van der Waals surface area contributed by atoms with Crippen molar-refractivity contribution in [1.82, 2.24) is 4.90 Å². The molecule has 1 amide bonds. The van der Waals surface area contributed by atoms with Gasteiger partial charge in [0.05, 0.1) is 6.61 Å². The quantitative estimate of drug-likeness (QED) is 0.673. The van der Waals surface area contributed by atoms with Crippen molar-refractivity contribution in [3.63, 3.8) is 0 Å². The fourth-order valence-corrected chi connectivity index (χ4v) is 2.77. The van der Waals surface area contributed by atoms with Gasteiger partial charge in [-0.25, -0.2) is 0 Å². The molecular weight excluding hydrogens is 311 g/mol. The third kappa shape index (κ3) is 5.82. The molecule has 1 fully saturated rings. The maximum absolute atomic E-state index is 12.2. The summed E-state index contributed by atoms with van der Waals surface area (Å²) in [6.45, 7) is 0.484. The number of piperidine rings is 1. The number of likely N-dealkylation sites (tertiary alicyclic amines) is 1. The maximum Gasteiger partial charge on any atom is 0.522 e. The average Bonchev–Trinajstić information content (AvgIpc) is 3.29. The van der Waals surface area contributed by atoms with Gasteiger partial charge in [-0.1, -0.05) is 0 Å². The average molecular weight is 331 g/mol. The molecular formula is C15H20F3N3O2. The van der Waals surface area contributed by atoms with Crippen LogP contribution in [0.4, 0.5) is 13.2 Å². The molecule has 1 saturated heterocycles. The standard InChI is InChI=1S/C15H20F3N3O2/c1-2-3-7-14(19-20-14)8-6-13(22)21-9-4-5-12(10-21)11-23-15(16,17)18/h1,12H,3-11H2. The molecule has 0 aromatic carbocycles. The van der Waals surface area contributed by atoms with E-state index in [0.717, 1.165) is 0 Å². The Balaban J connectivity index is 1.73. The molecule has 1 atom stereocenters. The summed E-state index contributed by atoms with van der Waals surface area (Å²) in [6, 6.07) is 0. The van der Waals surface area contributed by atoms with E-state index in [9.17, 15) is 18.0 Å². The summed E-state index contributed by atoms with van der Waals surface area (Å²) in [7, 11) is 0. The Hall–Kier alpha value is -1.62. The van der Waals surface area contributed by atoms with Gasteiger partial charge in [-0.15, -0.1) is 25.5 Å². The predicted octanol–water partition coefficient (Wildman–Crippen LogP) is 3.12. The molecule has 0 aromatic heterocycles. The highest BCUT2D eigenvalue weighted by Gasteiger charge is 2.40. The monoisotopic (exact) mass is 331 g/mol. The van der Waals surface area contributed by atoms with Gasteiger partial charge < -0.3 is 4.90 Å². The van der Waals surface area contributed by atoms with Crippen LogP contribution in [0.5, 0.6) is 0 Å². The van der Waals surface area contributed by atoms with Crippen LogP contribution in [0.1, 0.15) is 38.5 Å². The van der Waals surface area contributed by atoms with Crippen molar-refractivity contribution >= 4 is 5.91 Å². The van der Waals surface area contributed by atoms with E-state index >= 15 is 0 Å². The molecule has 2 heterocycles. The lowest BCUT2D eigenvalue weighted by atomic mass is 9.97. The number of carbonyl (C=O) groups is 1. The van der Waals surface area contributed by atoms with E-state index in [2.05, 4.69) is 20.9 Å². The zero-order valence-corrected chi connectivity index (χ0v) is 12.8. The Bertz CT molecular complexity index is 493. The lowest BCUT2D eigenvalue weighted by molar-refractivity contribution is -0.329. The number of hydrogen-bond acceptors (Lipinski definition) is 4. The number of terminal acetylenes is 1. The highest BCUT2D eigenvalue weighted by Crippen LogP contribution is 2.37. The van der Waals surface area contributed by atoms with Gasteiger partial charge in [-0.05, 0) is 12.8 Å². The molecule has 0 N–H and O–H groups in total. The minimum atomic E-state index is -4.62. The van der Waals surface area contributed by atoms with Crippen molar-refractivity contribution in [2.45, 2.75) is 50.6 Å². The minimum Gasteiger partial charge on any atom is -0.342 e. The van der Waals surface area contributed by atoms with Crippen molar-refractivity contribution in [2.24, 2.45) is 16.1 Å². The molecule has 23 heavy (non-hydrogen) atoms. The summed E-state index contributed by atoms with van der Waals surface area (Å²) >= 11 is 0. The highest BCUT2D eigenvalue weighted by molar-refractivity contribution is 5.76. The zero-order valence-electron chi connectivity index (χ0n) is 12.8. The fourth-order valence-electron chi connectivity index (χ4n) is 2.77. The van der Waals surface area contributed by atoms with Gasteiger partial charge in [-0.3, -0.25) is 9.53 Å². The Kier molecular flexibility index (Phi) is 5.63. The number of amides is 1. The third-order valence-electron chi connectivity index (χ3n) is 4.15. The summed E-state index contributed by atoms with van der Waals surface area (Å²) in [4.78, 5) is 13.8. The van der Waals surface area contributed by atoms with Gasteiger partial charge in [0.1, 0.15) is 0 Å². The van der Waals surface area contributed by atoms with Gasteiger partial charge in [0.25, 0.3) is 0 Å². The molecule has 0 saturated carbocycles. The van der Waals surface area contributed by atoms with Crippen LogP contribution in [-0.2, 0) is 9.53 Å². The third-order valence-corrected chi connectivity index (χ3v) is 4.15. The van der Waals surface area contributed by atoms with Crippen molar-refractivity contribution in [1.29, 1.82) is 0 Å². The Morgan fingerprint density at radius 1 is 1.39 bits per heavy atom. The Labute approximate surface area is 133 Å². The Morgan fingerprint density at radius 3 is 2.74 bits per heavy atom. The van der Waals surface area contributed by atoms with Gasteiger partial charge in [0.15, 0.2) is 5.66 Å². The summed E-state index contributed by atoms with van der Waals surface area (Å²) < 4.78 is 40.1. The molecule has 5 nitrogen and oxygen atoms in total. The minimum absolute atomic E-state index is 0.0703. The van der Waals surface area contributed by atoms with Crippen LogP contribution in [0.2, 0.25) is 0 Å². The maximum atomic E-state index is 12.2. The van der Waals surface area contributed by atoms with E-state index in [1.807, 2.05) is 0 Å². The molecule has 0 aliphatic carbocycles. The number of rotatable bonds is 7. The molecule has 0 aromatic rings. The second-order valence-electron chi connectivity index (χ2n) is 5.99. The number of nitrogens with zero attached hydrogens (tertiary/aromatic N) is 3. The molecule has 0 bridgehead atoms. The highest BCUT2D eigenvalue weighted by atomic mass is 19.4. The zero-order chi connectivity index (χ0) is 16.9. The van der Waals surface area contributed by atoms with Crippen molar-refractivity contribution < 1.29 is 22.7 Å². The second-order valence-corrected chi connectivity index (χ2v) is 5.99. The first kappa shape index (κ1) is 17.7. The van der Waals surface area contributed by atoms with Crippen LogP contribution in [0.15, 0.2) is 10.2 Å². The largest absolute Gasteiger partial charge is 0.522 e. The van der Waals surface area contributed by atoms with E-state index in [0.29, 0.717) is 45.2 Å². The number of ether oxygens (including phenoxy) is 1. The van der Waals surface area contributed by atoms with Crippen molar-refractivity contribution in [2.75, 3.05) is 19.7 Å². The molecule has 0 radical (unpaired) electrons. The predicted molar refractivity (Wildman–Crippen MR) is 76.2 cm³/mol. The van der Waals surface area contributed by atoms with Crippen LogP contribution in [0, 0.1) is 18.3 Å². The summed E-state index contributed by atoms with van der Waals surface area (Å²) in [5.74, 6) is 2.18. The van der Waals surface area contributed by atoms with Crippen LogP contribution in [0.25, 0.3) is 0 Å². The van der Waals surface area contributed by atoms with E-state index in [4.69, 9.17) is 6.42 Å². The molecule has 2 aliphatic heterocycles. The number of carbonyl (C=O) groups excluding carboxylic acids is 1. The molecule has 2 aliphatic rings. The first-order valence-corrected chi connectivity index (χ1v) is 7.69. The van der Waals surface area contributed by atoms with Crippen LogP contribution >= 0.6 is 0 Å². The number of alkyl halides is 3. The lowest BCUT2D eigenvalue weighted by Gasteiger charge is -2.33. The SMILES string of the molecule is C#CCCC1(CCC(=O)N2CCCC(COC(F)(F)F)C2)N=N1. The van der Waals surface area contributed by atoms with Crippen molar-refractivity contribution in [3.05, 3.63) is 0 Å². The lowest BCUT2D eigenvalue weighted by Crippen LogP contribution is -2.42. The van der Waals surface area contributed by atoms with Gasteiger partial charge in [-0.2, -0.15) is 10.2 Å². The molecule has 1 unspecified atom stereocenters. The van der Waals surface area contributed by atoms with E-state index in [1.165, 1.54) is 0 Å². The summed E-state index contributed by atoms with van der Waals surface area (Å²) in [5, 5.41) is 7.95. The first-order chi connectivity index (χ1) is 10.8. The number of hydrogen-bond donors (Lipinski definition) is 0. The normalized spacial score (nSPS) is 22.7. The number of halogens is 3. The van der Waals surface area contributed by atoms with Crippen LogP contribution < -0.4 is 0 Å². The molecule has 128 valence electrons. The topological polar surface area (TPSA) is 54.3 Å². The fraction of sp³-hybridized carbons (Fsp3) is 0.800. The van der Waals surface area contributed by atoms with E-state index in [-0.39, 0.29) is 18.2 Å². The summed E-state index contributed by atoms with van der Waals surface area (Å²) in [6.07, 6.45) is 3.90. The van der Waals surface area contributed by atoms with Crippen LogP contribution in [-0.4, -0.2) is 42.5 Å². The Morgan fingerprint density at radius 2 is 2.13 bits per heavy atom. The van der Waals surface area contributed by atoms with E-state index < -0.39 is 18.6 Å². The van der Waals surface area contributed by atoms with E-state index in [1.54, 1.807) is 4.90 Å². The van der Waals surface area contributed by atoms with Gasteiger partial charge in [0.2, 0.25) is 5.91 Å². The molecule has 0 spiro atoms. The van der Waals surface area contributed by atoms with Gasteiger partial charge >= 0.3 is 6.36 Å². The van der Waals surface area contributed by atoms with Gasteiger partial charge in [0, 0.05) is 44.7 Å². The molecule has 2 rings (SSSR count).